The number of ketones is 1. The highest BCUT2D eigenvalue weighted by Crippen LogP contribution is 2.25. The van der Waals surface area contributed by atoms with Crippen molar-refractivity contribution in [3.63, 3.8) is 0 Å². The number of Topliss-reactive ketones (excluding diaryl/α,β-unsaturated/α-hetero) is 1. The number of nitrogens with zero attached hydrogens (tertiary/aromatic N) is 1. The van der Waals surface area contributed by atoms with Gasteiger partial charge in [-0.1, -0.05) is 20.3 Å². The van der Waals surface area contributed by atoms with Crippen LogP contribution in [0.2, 0.25) is 0 Å². The number of carbonyl (C=O) groups is 1. The lowest BCUT2D eigenvalue weighted by Gasteiger charge is -2.41. The van der Waals surface area contributed by atoms with Gasteiger partial charge in [-0.3, -0.25) is 9.69 Å². The average Bonchev–Trinajstić information content (AvgIpc) is 2.28. The Bertz CT molecular complexity index is 196. The zero-order valence-corrected chi connectivity index (χ0v) is 9.81. The second-order valence-corrected chi connectivity index (χ2v) is 4.45. The fourth-order valence-electron chi connectivity index (χ4n) is 2.37. The van der Waals surface area contributed by atoms with E-state index in [9.17, 15) is 4.79 Å². The lowest BCUT2D eigenvalue weighted by Crippen LogP contribution is -2.53. The summed E-state index contributed by atoms with van der Waals surface area (Å²) in [5.74, 6) is 0.405. The van der Waals surface area contributed by atoms with E-state index in [1.54, 1.807) is 0 Å². The van der Waals surface area contributed by atoms with Gasteiger partial charge in [0.05, 0.1) is 5.54 Å². The number of rotatable bonds is 4. The first-order valence-corrected chi connectivity index (χ1v) is 5.93. The summed E-state index contributed by atoms with van der Waals surface area (Å²) < 4.78 is 0. The molecule has 2 nitrogen and oxygen atoms in total. The van der Waals surface area contributed by atoms with Gasteiger partial charge in [-0.15, -0.1) is 0 Å². The van der Waals surface area contributed by atoms with Crippen LogP contribution in [0.15, 0.2) is 0 Å². The number of hydrogen-bond donors (Lipinski definition) is 0. The van der Waals surface area contributed by atoms with Crippen LogP contribution in [0.5, 0.6) is 0 Å². The molecule has 1 rings (SSSR count). The molecule has 82 valence electrons. The quantitative estimate of drug-likeness (QED) is 0.690. The van der Waals surface area contributed by atoms with E-state index in [0.29, 0.717) is 12.2 Å². The normalized spacial score (nSPS) is 23.1. The molecule has 0 bridgehead atoms. The van der Waals surface area contributed by atoms with Crippen molar-refractivity contribution >= 4 is 5.78 Å². The number of likely N-dealkylation sites (tertiary alicyclic amines) is 1. The molecule has 0 N–H and O–H groups in total. The molecule has 1 atom stereocenters. The van der Waals surface area contributed by atoms with Gasteiger partial charge in [-0.05, 0) is 39.3 Å². The highest BCUT2D eigenvalue weighted by molar-refractivity contribution is 5.87. The Morgan fingerprint density at radius 1 is 1.21 bits per heavy atom. The fraction of sp³-hybridized carbons (Fsp3) is 0.917. The maximum absolute atomic E-state index is 11.9. The van der Waals surface area contributed by atoms with E-state index in [4.69, 9.17) is 0 Å². The summed E-state index contributed by atoms with van der Waals surface area (Å²) in [7, 11) is 0. The molecule has 2 heteroatoms. The number of hydrogen-bond acceptors (Lipinski definition) is 2. The van der Waals surface area contributed by atoms with Gasteiger partial charge >= 0.3 is 0 Å². The molecule has 1 unspecified atom stereocenters. The third-order valence-electron chi connectivity index (χ3n) is 3.66. The Morgan fingerprint density at radius 3 is 2.21 bits per heavy atom. The third kappa shape index (κ3) is 2.17. The molecule has 1 aliphatic rings. The van der Waals surface area contributed by atoms with E-state index < -0.39 is 0 Å². The van der Waals surface area contributed by atoms with E-state index in [-0.39, 0.29) is 5.54 Å². The summed E-state index contributed by atoms with van der Waals surface area (Å²) in [4.78, 5) is 14.3. The first-order chi connectivity index (χ1) is 6.65. The topological polar surface area (TPSA) is 20.3 Å². The second kappa shape index (κ2) is 4.92. The highest BCUT2D eigenvalue weighted by atomic mass is 16.1. The van der Waals surface area contributed by atoms with Crippen LogP contribution in [0, 0.1) is 0 Å². The van der Waals surface area contributed by atoms with Crippen molar-refractivity contribution in [2.45, 2.75) is 58.4 Å². The van der Waals surface area contributed by atoms with E-state index in [0.717, 1.165) is 19.5 Å². The Balaban J connectivity index is 2.71. The van der Waals surface area contributed by atoms with Crippen LogP contribution in [0.4, 0.5) is 0 Å². The molecule has 1 aliphatic heterocycles. The highest BCUT2D eigenvalue weighted by Gasteiger charge is 2.36. The minimum absolute atomic E-state index is 0.185. The van der Waals surface area contributed by atoms with E-state index in [1.807, 2.05) is 6.92 Å². The van der Waals surface area contributed by atoms with Gasteiger partial charge < -0.3 is 0 Å². The first-order valence-electron chi connectivity index (χ1n) is 5.93. The molecule has 0 aromatic rings. The molecule has 0 aromatic carbocycles. The van der Waals surface area contributed by atoms with Gasteiger partial charge in [0, 0.05) is 6.42 Å². The zero-order valence-electron chi connectivity index (χ0n) is 9.81. The Labute approximate surface area is 87.7 Å². The van der Waals surface area contributed by atoms with Crippen molar-refractivity contribution in [2.24, 2.45) is 0 Å². The minimum Gasteiger partial charge on any atom is -0.298 e. The smallest absolute Gasteiger partial charge is 0.152 e. The second-order valence-electron chi connectivity index (χ2n) is 4.45. The van der Waals surface area contributed by atoms with Crippen LogP contribution in [-0.4, -0.2) is 29.3 Å². The molecule has 0 saturated carbocycles. The molecular weight excluding hydrogens is 174 g/mol. The number of piperidine rings is 1. The third-order valence-corrected chi connectivity index (χ3v) is 3.66. The molecule has 14 heavy (non-hydrogen) atoms. The molecular formula is C12H23NO. The van der Waals surface area contributed by atoms with Gasteiger partial charge in [-0.25, -0.2) is 0 Å². The molecule has 0 radical (unpaired) electrons. The average molecular weight is 197 g/mol. The Kier molecular flexibility index (Phi) is 4.11. The minimum atomic E-state index is -0.185. The molecule has 0 spiro atoms. The Hall–Kier alpha value is -0.370. The lowest BCUT2D eigenvalue weighted by atomic mass is 9.87. The standard InChI is InChI=1S/C12H23NO/c1-4-11(14)12(3,5-2)13-9-7-6-8-10-13/h4-10H2,1-3H3. The van der Waals surface area contributed by atoms with Crippen molar-refractivity contribution in [2.75, 3.05) is 13.1 Å². The predicted molar refractivity (Wildman–Crippen MR) is 59.4 cm³/mol. The van der Waals surface area contributed by atoms with Crippen LogP contribution >= 0.6 is 0 Å². The van der Waals surface area contributed by atoms with Gasteiger partial charge in [0.25, 0.3) is 0 Å². The van der Waals surface area contributed by atoms with Crippen molar-refractivity contribution in [1.82, 2.24) is 4.90 Å². The zero-order chi connectivity index (χ0) is 10.6. The molecule has 0 amide bonds. The van der Waals surface area contributed by atoms with Crippen molar-refractivity contribution < 1.29 is 4.79 Å². The Morgan fingerprint density at radius 2 is 1.79 bits per heavy atom. The van der Waals surface area contributed by atoms with Crippen molar-refractivity contribution in [3.05, 3.63) is 0 Å². The maximum atomic E-state index is 11.9. The van der Waals surface area contributed by atoms with Crippen molar-refractivity contribution in [1.29, 1.82) is 0 Å². The summed E-state index contributed by atoms with van der Waals surface area (Å²) >= 11 is 0. The number of carbonyl (C=O) groups excluding carboxylic acids is 1. The summed E-state index contributed by atoms with van der Waals surface area (Å²) in [6, 6.07) is 0. The van der Waals surface area contributed by atoms with Crippen LogP contribution in [0.1, 0.15) is 52.9 Å². The van der Waals surface area contributed by atoms with Gasteiger partial charge in [0.15, 0.2) is 5.78 Å². The molecule has 1 fully saturated rings. The van der Waals surface area contributed by atoms with Gasteiger partial charge in [0.1, 0.15) is 0 Å². The van der Waals surface area contributed by atoms with E-state index in [2.05, 4.69) is 18.7 Å². The van der Waals surface area contributed by atoms with Crippen LogP contribution in [-0.2, 0) is 4.79 Å². The predicted octanol–water partition coefficient (Wildman–Crippen LogP) is 2.62. The summed E-state index contributed by atoms with van der Waals surface area (Å²) in [6.07, 6.45) is 5.45. The lowest BCUT2D eigenvalue weighted by molar-refractivity contribution is -0.131. The monoisotopic (exact) mass is 197 g/mol. The summed E-state index contributed by atoms with van der Waals surface area (Å²) in [6.45, 7) is 8.43. The van der Waals surface area contributed by atoms with Gasteiger partial charge in [-0.2, -0.15) is 0 Å². The van der Waals surface area contributed by atoms with Crippen molar-refractivity contribution in [3.8, 4) is 0 Å². The first kappa shape index (κ1) is 11.7. The van der Waals surface area contributed by atoms with E-state index >= 15 is 0 Å². The molecule has 0 aromatic heterocycles. The van der Waals surface area contributed by atoms with Crippen LogP contribution < -0.4 is 0 Å². The van der Waals surface area contributed by atoms with Gasteiger partial charge in [0.2, 0.25) is 0 Å². The summed E-state index contributed by atoms with van der Waals surface area (Å²) in [5.41, 5.74) is -0.185. The molecule has 0 aliphatic carbocycles. The van der Waals surface area contributed by atoms with Crippen LogP contribution in [0.3, 0.4) is 0 Å². The van der Waals surface area contributed by atoms with E-state index in [1.165, 1.54) is 19.3 Å². The molecule has 1 saturated heterocycles. The fourth-order valence-corrected chi connectivity index (χ4v) is 2.37. The largest absolute Gasteiger partial charge is 0.298 e. The summed E-state index contributed by atoms with van der Waals surface area (Å²) in [5, 5.41) is 0. The SMILES string of the molecule is CCC(=O)C(C)(CC)N1CCCCC1. The maximum Gasteiger partial charge on any atom is 0.152 e. The molecule has 1 heterocycles. The van der Waals surface area contributed by atoms with Crippen LogP contribution in [0.25, 0.3) is 0 Å².